The smallest absolute Gasteiger partial charge is 0.0382 e. The minimum Gasteiger partial charge on any atom is -0.362 e. The number of hydrogen-bond donors (Lipinski definition) is 1. The minimum atomic E-state index is 0.167. The zero-order chi connectivity index (χ0) is 33.7. The summed E-state index contributed by atoms with van der Waals surface area (Å²) in [5, 5.41) is 3.67. The van der Waals surface area contributed by atoms with Gasteiger partial charge in [0.2, 0.25) is 0 Å². The first-order chi connectivity index (χ1) is 24.2. The molecular weight excluding hydrogens is 591 g/mol. The molecule has 1 N–H and O–H groups in total. The Hall–Kier alpha value is -4.62. The van der Waals surface area contributed by atoms with E-state index in [-0.39, 0.29) is 11.8 Å². The maximum Gasteiger partial charge on any atom is 0.0382 e. The lowest BCUT2D eigenvalue weighted by atomic mass is 9.79. The van der Waals surface area contributed by atoms with Gasteiger partial charge in [0.1, 0.15) is 0 Å². The van der Waals surface area contributed by atoms with Crippen molar-refractivity contribution in [3.05, 3.63) is 186 Å². The van der Waals surface area contributed by atoms with Crippen molar-refractivity contribution in [2.45, 2.75) is 76.5 Å². The molecule has 1 heteroatoms. The second-order valence-electron chi connectivity index (χ2n) is 13.7. The van der Waals surface area contributed by atoms with Crippen molar-refractivity contribution in [2.75, 3.05) is 5.32 Å². The van der Waals surface area contributed by atoms with Crippen molar-refractivity contribution in [2.24, 2.45) is 11.8 Å². The van der Waals surface area contributed by atoms with Gasteiger partial charge >= 0.3 is 0 Å². The molecule has 0 heterocycles. The summed E-state index contributed by atoms with van der Waals surface area (Å²) in [6, 6.07) is 26.7. The fraction of sp³-hybridized carbons (Fsp3) is 0.292. The van der Waals surface area contributed by atoms with E-state index in [9.17, 15) is 0 Å². The lowest BCUT2D eigenvalue weighted by molar-refractivity contribution is 0.564. The highest BCUT2D eigenvalue weighted by atomic mass is 14.8. The Balaban J connectivity index is 1.21. The predicted octanol–water partition coefficient (Wildman–Crippen LogP) is 13.4. The Labute approximate surface area is 296 Å². The van der Waals surface area contributed by atoms with Crippen LogP contribution in [-0.4, -0.2) is 0 Å². The zero-order valence-electron chi connectivity index (χ0n) is 29.3. The lowest BCUT2D eigenvalue weighted by Gasteiger charge is -2.27. The highest BCUT2D eigenvalue weighted by molar-refractivity contribution is 5.63. The minimum absolute atomic E-state index is 0.167. The van der Waals surface area contributed by atoms with E-state index < -0.39 is 0 Å². The Bertz CT molecular complexity index is 1740. The summed E-state index contributed by atoms with van der Waals surface area (Å²) in [7, 11) is 0. The maximum absolute atomic E-state index is 4.31. The molecule has 49 heavy (non-hydrogen) atoms. The van der Waals surface area contributed by atoms with Crippen LogP contribution in [0.2, 0.25) is 0 Å². The van der Waals surface area contributed by atoms with Gasteiger partial charge in [0, 0.05) is 29.4 Å². The summed E-state index contributed by atoms with van der Waals surface area (Å²) in [5.41, 5.74) is 10.7. The van der Waals surface area contributed by atoms with Gasteiger partial charge in [-0.3, -0.25) is 0 Å². The highest BCUT2D eigenvalue weighted by Gasteiger charge is 2.23. The molecule has 6 rings (SSSR count). The standard InChI is InChI=1S/C48H53N/c1-3-5-6-10-23-44-36-45(32-33-47(44)43-30-26-40(27-31-43)38-19-13-8-14-20-38)49-35-34-48(41-21-15-9-16-22-41)46(4-2)42-28-24-39(25-29-42)37-17-11-7-12-18-37/h4,6-7,10-13,15,17-22,24-26,28-30,32-36,40,43,46,48-49H,2-3,5,8-9,14,16,23,27,31H2,1H3/b10-6-,35-34+. The van der Waals surface area contributed by atoms with Gasteiger partial charge in [0.05, 0.1) is 0 Å². The molecule has 0 aliphatic heterocycles. The van der Waals surface area contributed by atoms with Crippen molar-refractivity contribution >= 4 is 5.69 Å². The molecule has 1 nitrogen and oxygen atoms in total. The van der Waals surface area contributed by atoms with Gasteiger partial charge in [-0.15, -0.1) is 6.58 Å². The number of anilines is 1. The van der Waals surface area contributed by atoms with Gasteiger partial charge in [-0.1, -0.05) is 147 Å². The molecule has 4 unspecified atom stereocenters. The number of unbranched alkanes of at least 4 members (excludes halogenated alkanes) is 1. The molecule has 0 amide bonds. The van der Waals surface area contributed by atoms with Crippen LogP contribution >= 0.6 is 0 Å². The van der Waals surface area contributed by atoms with Crippen LogP contribution in [0.1, 0.15) is 86.8 Å². The summed E-state index contributed by atoms with van der Waals surface area (Å²) in [6.07, 6.45) is 40.7. The summed E-state index contributed by atoms with van der Waals surface area (Å²) < 4.78 is 0. The van der Waals surface area contributed by atoms with Crippen LogP contribution in [0.3, 0.4) is 0 Å². The second-order valence-corrected chi connectivity index (χ2v) is 13.7. The second kappa shape index (κ2) is 17.7. The van der Waals surface area contributed by atoms with Gasteiger partial charge in [0.15, 0.2) is 0 Å². The Morgan fingerprint density at radius 3 is 2.22 bits per heavy atom. The van der Waals surface area contributed by atoms with E-state index >= 15 is 0 Å². The average molecular weight is 644 g/mol. The van der Waals surface area contributed by atoms with Crippen molar-refractivity contribution < 1.29 is 0 Å². The number of hydrogen-bond acceptors (Lipinski definition) is 1. The van der Waals surface area contributed by atoms with Gasteiger partial charge in [0.25, 0.3) is 0 Å². The third-order valence-electron chi connectivity index (χ3n) is 10.3. The molecule has 3 aromatic rings. The topological polar surface area (TPSA) is 12.0 Å². The maximum atomic E-state index is 4.31. The monoisotopic (exact) mass is 643 g/mol. The zero-order valence-corrected chi connectivity index (χ0v) is 29.3. The van der Waals surface area contributed by atoms with Crippen molar-refractivity contribution in [3.8, 4) is 11.1 Å². The normalized spacial score (nSPS) is 20.3. The van der Waals surface area contributed by atoms with Crippen molar-refractivity contribution in [3.63, 3.8) is 0 Å². The van der Waals surface area contributed by atoms with Crippen LogP contribution < -0.4 is 5.32 Å². The van der Waals surface area contributed by atoms with Gasteiger partial charge in [-0.25, -0.2) is 0 Å². The van der Waals surface area contributed by atoms with Crippen LogP contribution in [-0.2, 0) is 6.42 Å². The Morgan fingerprint density at radius 2 is 1.53 bits per heavy atom. The molecular formula is C48H53N. The number of benzene rings is 3. The van der Waals surface area contributed by atoms with E-state index in [0.717, 1.165) is 31.4 Å². The molecule has 3 aliphatic carbocycles. The quantitative estimate of drug-likeness (QED) is 0.172. The molecule has 0 bridgehead atoms. The number of rotatable bonds is 14. The summed E-state index contributed by atoms with van der Waals surface area (Å²) >= 11 is 0. The molecule has 4 atom stereocenters. The molecule has 250 valence electrons. The van der Waals surface area contributed by atoms with Crippen LogP contribution in [0.5, 0.6) is 0 Å². The van der Waals surface area contributed by atoms with E-state index in [1.807, 2.05) is 0 Å². The molecule has 0 aromatic heterocycles. The van der Waals surface area contributed by atoms with E-state index in [2.05, 4.69) is 171 Å². The summed E-state index contributed by atoms with van der Waals surface area (Å²) in [5.74, 6) is 1.39. The average Bonchev–Trinajstić information content (AvgIpc) is 3.18. The van der Waals surface area contributed by atoms with E-state index in [1.54, 1.807) is 0 Å². The third-order valence-corrected chi connectivity index (χ3v) is 10.3. The lowest BCUT2D eigenvalue weighted by Crippen LogP contribution is -2.12. The Kier molecular flexibility index (Phi) is 12.4. The van der Waals surface area contributed by atoms with Crippen LogP contribution in [0.15, 0.2) is 170 Å². The fourth-order valence-electron chi connectivity index (χ4n) is 7.58. The van der Waals surface area contributed by atoms with Crippen LogP contribution in [0.4, 0.5) is 5.69 Å². The number of nitrogens with one attached hydrogen (secondary N) is 1. The molecule has 3 aliphatic rings. The van der Waals surface area contributed by atoms with E-state index in [4.69, 9.17) is 0 Å². The summed E-state index contributed by atoms with van der Waals surface area (Å²) in [4.78, 5) is 0. The van der Waals surface area contributed by atoms with Crippen molar-refractivity contribution in [1.82, 2.24) is 0 Å². The molecule has 0 spiro atoms. The van der Waals surface area contributed by atoms with Crippen LogP contribution in [0, 0.1) is 11.8 Å². The van der Waals surface area contributed by atoms with Crippen LogP contribution in [0.25, 0.3) is 11.1 Å². The predicted molar refractivity (Wildman–Crippen MR) is 213 cm³/mol. The first kappa shape index (κ1) is 34.3. The van der Waals surface area contributed by atoms with E-state index in [0.29, 0.717) is 11.8 Å². The highest BCUT2D eigenvalue weighted by Crippen LogP contribution is 2.38. The van der Waals surface area contributed by atoms with Gasteiger partial charge in [-0.05, 0) is 109 Å². The van der Waals surface area contributed by atoms with Gasteiger partial charge < -0.3 is 5.32 Å². The first-order valence-corrected chi connectivity index (χ1v) is 18.6. The molecule has 0 fully saturated rings. The molecule has 3 aromatic carbocycles. The summed E-state index contributed by atoms with van der Waals surface area (Å²) in [6.45, 7) is 6.56. The Morgan fingerprint density at radius 1 is 0.776 bits per heavy atom. The van der Waals surface area contributed by atoms with Gasteiger partial charge in [-0.2, -0.15) is 0 Å². The number of allylic oxidation sites excluding steroid dienone is 14. The largest absolute Gasteiger partial charge is 0.362 e. The van der Waals surface area contributed by atoms with Crippen molar-refractivity contribution in [1.29, 1.82) is 0 Å². The molecule has 0 saturated carbocycles. The SMILES string of the molecule is C=CC(c1ccc(-c2ccccc2)cc1)C(/C=C/Nc1ccc(C2C=CC(C3=CCCC=C3)CC2)c(C/C=C\CCC)c1)C1=CCCC=C1. The fourth-order valence-corrected chi connectivity index (χ4v) is 7.58. The third kappa shape index (κ3) is 9.09. The molecule has 0 saturated heterocycles. The van der Waals surface area contributed by atoms with E-state index in [1.165, 1.54) is 71.1 Å². The molecule has 0 radical (unpaired) electrons. The first-order valence-electron chi connectivity index (χ1n) is 18.6.